The highest BCUT2D eigenvalue weighted by Crippen LogP contribution is 2.21. The molecule has 2 N–H and O–H groups in total. The van der Waals surface area contributed by atoms with Crippen LogP contribution in [-0.4, -0.2) is 29.5 Å². The van der Waals surface area contributed by atoms with E-state index in [4.69, 9.17) is 9.84 Å². The van der Waals surface area contributed by atoms with Crippen LogP contribution >= 0.6 is 0 Å². The van der Waals surface area contributed by atoms with Crippen LogP contribution in [0.25, 0.3) is 0 Å². The SMILES string of the molecule is CCCCCCCCc1ccccc1OCC(O)CO. The molecule has 0 saturated carbocycles. The van der Waals surface area contributed by atoms with Crippen LogP contribution in [0.5, 0.6) is 5.75 Å². The maximum absolute atomic E-state index is 9.33. The average molecular weight is 280 g/mol. The zero-order chi connectivity index (χ0) is 14.6. The Morgan fingerprint density at radius 1 is 1.05 bits per heavy atom. The number of aryl methyl sites for hydroxylation is 1. The van der Waals surface area contributed by atoms with Crippen molar-refractivity contribution in [1.82, 2.24) is 0 Å². The predicted molar refractivity (Wildman–Crippen MR) is 82.1 cm³/mol. The molecule has 0 radical (unpaired) electrons. The summed E-state index contributed by atoms with van der Waals surface area (Å²) in [4.78, 5) is 0. The van der Waals surface area contributed by atoms with Gasteiger partial charge in [0, 0.05) is 0 Å². The number of benzene rings is 1. The Labute approximate surface area is 122 Å². The molecular formula is C17H28O3. The molecule has 0 spiro atoms. The van der Waals surface area contributed by atoms with Gasteiger partial charge in [-0.15, -0.1) is 0 Å². The second-order valence-corrected chi connectivity index (χ2v) is 5.27. The highest BCUT2D eigenvalue weighted by atomic mass is 16.5. The molecule has 1 rings (SSSR count). The monoisotopic (exact) mass is 280 g/mol. The molecule has 0 amide bonds. The molecule has 0 fully saturated rings. The molecule has 0 bridgehead atoms. The fourth-order valence-corrected chi connectivity index (χ4v) is 2.19. The summed E-state index contributed by atoms with van der Waals surface area (Å²) in [6.07, 6.45) is 7.88. The summed E-state index contributed by atoms with van der Waals surface area (Å²) >= 11 is 0. The van der Waals surface area contributed by atoms with Gasteiger partial charge in [-0.1, -0.05) is 57.2 Å². The van der Waals surface area contributed by atoms with Gasteiger partial charge in [-0.3, -0.25) is 0 Å². The summed E-state index contributed by atoms with van der Waals surface area (Å²) in [6, 6.07) is 7.95. The van der Waals surface area contributed by atoms with Crippen LogP contribution in [0, 0.1) is 0 Å². The van der Waals surface area contributed by atoms with E-state index in [1.807, 2.05) is 18.2 Å². The first-order valence-corrected chi connectivity index (χ1v) is 7.77. The third kappa shape index (κ3) is 6.92. The average Bonchev–Trinajstić information content (AvgIpc) is 2.49. The van der Waals surface area contributed by atoms with Gasteiger partial charge in [0.25, 0.3) is 0 Å². The number of hydrogen-bond donors (Lipinski definition) is 2. The lowest BCUT2D eigenvalue weighted by Gasteiger charge is -2.13. The van der Waals surface area contributed by atoms with Crippen LogP contribution in [0.15, 0.2) is 24.3 Å². The van der Waals surface area contributed by atoms with Gasteiger partial charge in [0.1, 0.15) is 18.5 Å². The molecule has 1 atom stereocenters. The van der Waals surface area contributed by atoms with Crippen molar-refractivity contribution in [1.29, 1.82) is 0 Å². The van der Waals surface area contributed by atoms with Gasteiger partial charge in [-0.2, -0.15) is 0 Å². The normalized spacial score (nSPS) is 12.3. The van der Waals surface area contributed by atoms with Crippen molar-refractivity contribution < 1.29 is 14.9 Å². The summed E-state index contributed by atoms with van der Waals surface area (Å²) in [5.41, 5.74) is 1.19. The summed E-state index contributed by atoms with van der Waals surface area (Å²) in [5.74, 6) is 0.827. The molecule has 114 valence electrons. The Morgan fingerprint density at radius 3 is 2.50 bits per heavy atom. The number of para-hydroxylation sites is 1. The molecule has 0 aliphatic rings. The molecule has 1 aromatic rings. The molecule has 0 aromatic heterocycles. The van der Waals surface area contributed by atoms with Gasteiger partial charge in [-0.05, 0) is 24.5 Å². The third-order valence-electron chi connectivity index (χ3n) is 3.41. The van der Waals surface area contributed by atoms with Crippen molar-refractivity contribution in [2.24, 2.45) is 0 Å². The lowest BCUT2D eigenvalue weighted by Crippen LogP contribution is -2.21. The number of aliphatic hydroxyl groups is 2. The number of hydrogen-bond acceptors (Lipinski definition) is 3. The van der Waals surface area contributed by atoms with Gasteiger partial charge < -0.3 is 14.9 Å². The molecule has 1 aromatic carbocycles. The Bertz CT molecular complexity index is 352. The topological polar surface area (TPSA) is 49.7 Å². The van der Waals surface area contributed by atoms with E-state index in [1.54, 1.807) is 0 Å². The van der Waals surface area contributed by atoms with Gasteiger partial charge in [0.2, 0.25) is 0 Å². The minimum atomic E-state index is -0.808. The van der Waals surface area contributed by atoms with Crippen LogP contribution in [0.1, 0.15) is 51.0 Å². The molecule has 0 saturated heterocycles. The summed E-state index contributed by atoms with van der Waals surface area (Å²) in [6.45, 7) is 2.11. The predicted octanol–water partition coefficient (Wildman–Crippen LogP) is 3.32. The first kappa shape index (κ1) is 17.0. The molecule has 0 aliphatic heterocycles. The maximum Gasteiger partial charge on any atom is 0.122 e. The lowest BCUT2D eigenvalue weighted by molar-refractivity contribution is 0.0533. The minimum Gasteiger partial charge on any atom is -0.491 e. The van der Waals surface area contributed by atoms with Crippen LogP contribution in [0.2, 0.25) is 0 Å². The standard InChI is InChI=1S/C17H28O3/c1-2-3-4-5-6-7-10-15-11-8-9-12-17(15)20-14-16(19)13-18/h8-9,11-12,16,18-19H,2-7,10,13-14H2,1H3. The smallest absolute Gasteiger partial charge is 0.122 e. The molecule has 3 nitrogen and oxygen atoms in total. The van der Waals surface area contributed by atoms with Gasteiger partial charge >= 0.3 is 0 Å². The van der Waals surface area contributed by atoms with E-state index < -0.39 is 6.10 Å². The summed E-state index contributed by atoms with van der Waals surface area (Å²) in [5, 5.41) is 18.1. The van der Waals surface area contributed by atoms with E-state index in [2.05, 4.69) is 13.0 Å². The molecule has 0 aliphatic carbocycles. The molecule has 3 heteroatoms. The van der Waals surface area contributed by atoms with Crippen molar-refractivity contribution in [2.75, 3.05) is 13.2 Å². The first-order valence-electron chi connectivity index (χ1n) is 7.77. The van der Waals surface area contributed by atoms with E-state index in [-0.39, 0.29) is 13.2 Å². The van der Waals surface area contributed by atoms with Gasteiger partial charge in [0.15, 0.2) is 0 Å². The second kappa shape index (κ2) is 10.7. The highest BCUT2D eigenvalue weighted by Gasteiger charge is 2.06. The summed E-state index contributed by atoms with van der Waals surface area (Å²) in [7, 11) is 0. The molecular weight excluding hydrogens is 252 g/mol. The number of unbranched alkanes of at least 4 members (excludes halogenated alkanes) is 5. The van der Waals surface area contributed by atoms with Crippen molar-refractivity contribution >= 4 is 0 Å². The Hall–Kier alpha value is -1.06. The Kier molecular flexibility index (Phi) is 9.09. The van der Waals surface area contributed by atoms with Crippen LogP contribution in [0.4, 0.5) is 0 Å². The van der Waals surface area contributed by atoms with Crippen molar-refractivity contribution in [2.45, 2.75) is 58.0 Å². The van der Waals surface area contributed by atoms with E-state index in [0.29, 0.717) is 0 Å². The largest absolute Gasteiger partial charge is 0.491 e. The number of aliphatic hydroxyl groups excluding tert-OH is 2. The van der Waals surface area contributed by atoms with Gasteiger partial charge in [0.05, 0.1) is 6.61 Å². The van der Waals surface area contributed by atoms with Crippen LogP contribution in [-0.2, 0) is 6.42 Å². The minimum absolute atomic E-state index is 0.143. The molecule has 20 heavy (non-hydrogen) atoms. The third-order valence-corrected chi connectivity index (χ3v) is 3.41. The van der Waals surface area contributed by atoms with E-state index in [9.17, 15) is 5.11 Å². The fourth-order valence-electron chi connectivity index (χ4n) is 2.19. The van der Waals surface area contributed by atoms with Crippen LogP contribution in [0.3, 0.4) is 0 Å². The van der Waals surface area contributed by atoms with Gasteiger partial charge in [-0.25, -0.2) is 0 Å². The quantitative estimate of drug-likeness (QED) is 0.611. The molecule has 1 unspecified atom stereocenters. The Balaban J connectivity index is 2.33. The zero-order valence-corrected chi connectivity index (χ0v) is 12.6. The number of rotatable bonds is 11. The first-order chi connectivity index (χ1) is 9.77. The number of ether oxygens (including phenoxy) is 1. The molecule has 0 heterocycles. The maximum atomic E-state index is 9.33. The van der Waals surface area contributed by atoms with Crippen LogP contribution < -0.4 is 4.74 Å². The zero-order valence-electron chi connectivity index (χ0n) is 12.6. The Morgan fingerprint density at radius 2 is 1.75 bits per heavy atom. The van der Waals surface area contributed by atoms with Crippen molar-refractivity contribution in [3.05, 3.63) is 29.8 Å². The lowest BCUT2D eigenvalue weighted by atomic mass is 10.0. The second-order valence-electron chi connectivity index (χ2n) is 5.27. The highest BCUT2D eigenvalue weighted by molar-refractivity contribution is 5.33. The van der Waals surface area contributed by atoms with E-state index >= 15 is 0 Å². The van der Waals surface area contributed by atoms with Crippen molar-refractivity contribution in [3.8, 4) is 5.75 Å². The fraction of sp³-hybridized carbons (Fsp3) is 0.647. The summed E-state index contributed by atoms with van der Waals surface area (Å²) < 4.78 is 5.58. The van der Waals surface area contributed by atoms with E-state index in [0.717, 1.165) is 12.2 Å². The van der Waals surface area contributed by atoms with Crippen molar-refractivity contribution in [3.63, 3.8) is 0 Å². The van der Waals surface area contributed by atoms with E-state index in [1.165, 1.54) is 44.1 Å².